The molecule has 2 heteroatoms. The molecular formula is C16H31NO. The molecule has 2 heterocycles. The number of nitrogens with zero attached hydrogens (tertiary/aromatic N) is 1. The minimum atomic E-state index is 0.277. The van der Waals surface area contributed by atoms with Crippen LogP contribution < -0.4 is 0 Å². The molecule has 0 radical (unpaired) electrons. The van der Waals surface area contributed by atoms with Crippen LogP contribution >= 0.6 is 0 Å². The van der Waals surface area contributed by atoms with Gasteiger partial charge >= 0.3 is 0 Å². The molecule has 2 atom stereocenters. The fourth-order valence-corrected chi connectivity index (χ4v) is 3.72. The van der Waals surface area contributed by atoms with Crippen LogP contribution in [0.3, 0.4) is 0 Å². The Bertz CT molecular complexity index is 291. The molecule has 0 saturated carbocycles. The maximum absolute atomic E-state index is 5.70. The van der Waals surface area contributed by atoms with Crippen molar-refractivity contribution in [3.05, 3.63) is 0 Å². The van der Waals surface area contributed by atoms with Gasteiger partial charge in [0.1, 0.15) is 0 Å². The summed E-state index contributed by atoms with van der Waals surface area (Å²) in [5.41, 5.74) is 1.11. The fourth-order valence-electron chi connectivity index (χ4n) is 3.72. The highest BCUT2D eigenvalue weighted by Crippen LogP contribution is 2.47. The van der Waals surface area contributed by atoms with Gasteiger partial charge in [-0.3, -0.25) is 4.90 Å². The molecule has 0 aliphatic carbocycles. The molecule has 2 nitrogen and oxygen atoms in total. The van der Waals surface area contributed by atoms with E-state index < -0.39 is 0 Å². The first-order valence-corrected chi connectivity index (χ1v) is 7.49. The molecule has 1 spiro atoms. The maximum atomic E-state index is 5.70. The first kappa shape index (κ1) is 14.3. The van der Waals surface area contributed by atoms with Gasteiger partial charge in [0.15, 0.2) is 0 Å². The minimum Gasteiger partial charge on any atom is -0.381 e. The Morgan fingerprint density at radius 1 is 1.06 bits per heavy atom. The van der Waals surface area contributed by atoms with Crippen LogP contribution in [0.2, 0.25) is 0 Å². The highest BCUT2D eigenvalue weighted by atomic mass is 16.5. The van der Waals surface area contributed by atoms with Crippen LogP contribution in [0.5, 0.6) is 0 Å². The van der Waals surface area contributed by atoms with Crippen LogP contribution in [0.4, 0.5) is 0 Å². The molecule has 18 heavy (non-hydrogen) atoms. The number of hydrogen-bond donors (Lipinski definition) is 0. The average molecular weight is 253 g/mol. The normalized spacial score (nSPS) is 35.3. The predicted molar refractivity (Wildman–Crippen MR) is 76.8 cm³/mol. The van der Waals surface area contributed by atoms with E-state index >= 15 is 0 Å². The maximum Gasteiger partial charge on any atom is 0.0524 e. The summed E-state index contributed by atoms with van der Waals surface area (Å²) < 4.78 is 5.70. The van der Waals surface area contributed by atoms with Gasteiger partial charge in [0.05, 0.1) is 6.61 Å². The summed E-state index contributed by atoms with van der Waals surface area (Å²) in [6, 6.07) is 0.674. The highest BCUT2D eigenvalue weighted by Gasteiger charge is 2.48. The largest absolute Gasteiger partial charge is 0.381 e. The van der Waals surface area contributed by atoms with Crippen molar-refractivity contribution in [2.45, 2.75) is 72.4 Å². The second kappa shape index (κ2) is 4.49. The van der Waals surface area contributed by atoms with Crippen molar-refractivity contribution in [1.82, 2.24) is 4.90 Å². The van der Waals surface area contributed by atoms with Crippen molar-refractivity contribution in [2.75, 3.05) is 19.8 Å². The molecule has 2 aliphatic rings. The van der Waals surface area contributed by atoms with E-state index in [0.717, 1.165) is 13.2 Å². The Kier molecular flexibility index (Phi) is 3.57. The third-order valence-corrected chi connectivity index (χ3v) is 4.93. The van der Waals surface area contributed by atoms with Gasteiger partial charge in [0, 0.05) is 18.2 Å². The highest BCUT2D eigenvalue weighted by molar-refractivity contribution is 5.00. The lowest BCUT2D eigenvalue weighted by atomic mass is 9.67. The molecule has 0 aromatic carbocycles. The zero-order chi connectivity index (χ0) is 13.6. The predicted octanol–water partition coefficient (Wildman–Crippen LogP) is 3.70. The summed E-state index contributed by atoms with van der Waals surface area (Å²) in [5.74, 6) is 0. The molecule has 0 N–H and O–H groups in total. The van der Waals surface area contributed by atoms with Gasteiger partial charge in [-0.1, -0.05) is 20.8 Å². The Morgan fingerprint density at radius 2 is 1.72 bits per heavy atom. The van der Waals surface area contributed by atoms with E-state index in [-0.39, 0.29) is 5.54 Å². The van der Waals surface area contributed by atoms with Crippen LogP contribution in [0, 0.1) is 10.8 Å². The molecule has 0 bridgehead atoms. The SMILES string of the molecule is CC(C)(C)C1CC2(CCOC2)CCN1C(C)(C)C. The molecule has 2 saturated heterocycles. The molecule has 106 valence electrons. The first-order valence-electron chi connectivity index (χ1n) is 7.49. The van der Waals surface area contributed by atoms with Crippen molar-refractivity contribution < 1.29 is 4.74 Å². The zero-order valence-electron chi connectivity index (χ0n) is 13.2. The summed E-state index contributed by atoms with van der Waals surface area (Å²) in [5, 5.41) is 0. The topological polar surface area (TPSA) is 12.5 Å². The Morgan fingerprint density at radius 3 is 2.17 bits per heavy atom. The van der Waals surface area contributed by atoms with Crippen molar-refractivity contribution in [1.29, 1.82) is 0 Å². The average Bonchev–Trinajstić information content (AvgIpc) is 2.63. The van der Waals surface area contributed by atoms with Gasteiger partial charge < -0.3 is 4.74 Å². The lowest BCUT2D eigenvalue weighted by Gasteiger charge is -2.54. The number of hydrogen-bond acceptors (Lipinski definition) is 2. The van der Waals surface area contributed by atoms with E-state index in [4.69, 9.17) is 4.74 Å². The smallest absolute Gasteiger partial charge is 0.0524 e. The molecule has 0 aromatic rings. The van der Waals surface area contributed by atoms with Gasteiger partial charge in [-0.15, -0.1) is 0 Å². The van der Waals surface area contributed by atoms with Gasteiger partial charge in [-0.25, -0.2) is 0 Å². The minimum absolute atomic E-state index is 0.277. The standard InChI is InChI=1S/C16H31NO/c1-14(2,3)13-11-16(8-10-18-12-16)7-9-17(13)15(4,5)6/h13H,7-12H2,1-6H3. The fraction of sp³-hybridized carbons (Fsp3) is 1.00. The third kappa shape index (κ3) is 2.75. The molecule has 2 aliphatic heterocycles. The molecule has 2 fully saturated rings. The number of ether oxygens (including phenoxy) is 1. The Labute approximate surface area is 113 Å². The summed E-state index contributed by atoms with van der Waals surface area (Å²) in [7, 11) is 0. The zero-order valence-corrected chi connectivity index (χ0v) is 13.2. The number of rotatable bonds is 0. The lowest BCUT2D eigenvalue weighted by Crippen LogP contribution is -2.59. The van der Waals surface area contributed by atoms with Gasteiger partial charge in [0.2, 0.25) is 0 Å². The van der Waals surface area contributed by atoms with Gasteiger partial charge in [-0.2, -0.15) is 0 Å². The molecule has 2 rings (SSSR count). The first-order chi connectivity index (χ1) is 8.14. The van der Waals surface area contributed by atoms with E-state index in [1.54, 1.807) is 0 Å². The second-order valence-corrected chi connectivity index (χ2v) is 8.50. The monoisotopic (exact) mass is 253 g/mol. The van der Waals surface area contributed by atoms with Crippen molar-refractivity contribution >= 4 is 0 Å². The molecule has 0 aromatic heterocycles. The molecule has 2 unspecified atom stereocenters. The quantitative estimate of drug-likeness (QED) is 0.652. The van der Waals surface area contributed by atoms with Crippen LogP contribution in [-0.2, 0) is 4.74 Å². The van der Waals surface area contributed by atoms with Gasteiger partial charge in [-0.05, 0) is 57.4 Å². The summed E-state index contributed by atoms with van der Waals surface area (Å²) in [6.45, 7) is 17.5. The van der Waals surface area contributed by atoms with E-state index in [9.17, 15) is 0 Å². The van der Waals surface area contributed by atoms with Crippen LogP contribution in [-0.4, -0.2) is 36.2 Å². The third-order valence-electron chi connectivity index (χ3n) is 4.93. The lowest BCUT2D eigenvalue weighted by molar-refractivity contribution is -0.0544. The summed E-state index contributed by atoms with van der Waals surface area (Å²) in [4.78, 5) is 2.73. The van der Waals surface area contributed by atoms with E-state index in [1.807, 2.05) is 0 Å². The van der Waals surface area contributed by atoms with Crippen LogP contribution in [0.25, 0.3) is 0 Å². The van der Waals surface area contributed by atoms with Crippen LogP contribution in [0.1, 0.15) is 60.8 Å². The van der Waals surface area contributed by atoms with Crippen molar-refractivity contribution in [2.24, 2.45) is 10.8 Å². The summed E-state index contributed by atoms with van der Waals surface area (Å²) >= 11 is 0. The number of likely N-dealkylation sites (tertiary alicyclic amines) is 1. The Balaban J connectivity index is 2.21. The summed E-state index contributed by atoms with van der Waals surface area (Å²) in [6.07, 6.45) is 3.90. The van der Waals surface area contributed by atoms with Crippen LogP contribution in [0.15, 0.2) is 0 Å². The van der Waals surface area contributed by atoms with E-state index in [1.165, 1.54) is 25.8 Å². The van der Waals surface area contributed by atoms with Gasteiger partial charge in [0.25, 0.3) is 0 Å². The molecular weight excluding hydrogens is 222 g/mol. The number of piperidine rings is 1. The Hall–Kier alpha value is -0.0800. The molecule has 0 amide bonds. The van der Waals surface area contributed by atoms with Crippen molar-refractivity contribution in [3.8, 4) is 0 Å². The second-order valence-electron chi connectivity index (χ2n) is 8.50. The van der Waals surface area contributed by atoms with Crippen molar-refractivity contribution in [3.63, 3.8) is 0 Å². The van der Waals surface area contributed by atoms with E-state index in [2.05, 4.69) is 46.4 Å². The van der Waals surface area contributed by atoms with E-state index in [0.29, 0.717) is 16.9 Å².